The number of cyclic esters (lactones) is 1. The Hall–Kier alpha value is -3.26. The molecule has 3 aromatic rings. The summed E-state index contributed by atoms with van der Waals surface area (Å²) >= 11 is 0. The van der Waals surface area contributed by atoms with Crippen LogP contribution in [-0.4, -0.2) is 32.6 Å². The summed E-state index contributed by atoms with van der Waals surface area (Å²) in [6, 6.07) is 5.49. The first-order chi connectivity index (χ1) is 16.1. The largest absolute Gasteiger partial charge is 0.471 e. The highest BCUT2D eigenvalue weighted by Gasteiger charge is 2.41. The number of hydrogen-bond acceptors (Lipinski definition) is 8. The van der Waals surface area contributed by atoms with Crippen molar-refractivity contribution in [3.05, 3.63) is 47.4 Å². The van der Waals surface area contributed by atoms with Crippen LogP contribution in [0.4, 0.5) is 11.6 Å². The Kier molecular flexibility index (Phi) is 5.24. The normalized spacial score (nSPS) is 22.5. The molecule has 5 rings (SSSR count). The second-order valence-electron chi connectivity index (χ2n) is 10.1. The van der Waals surface area contributed by atoms with E-state index < -0.39 is 5.54 Å². The molecule has 0 amide bonds. The van der Waals surface area contributed by atoms with Gasteiger partial charge in [-0.15, -0.1) is 0 Å². The number of carbonyl (C=O) groups excluding carboxylic acids is 1. The predicted octanol–water partition coefficient (Wildman–Crippen LogP) is 4.95. The first-order valence-corrected chi connectivity index (χ1v) is 11.9. The van der Waals surface area contributed by atoms with E-state index in [2.05, 4.69) is 29.1 Å². The fraction of sp³-hybridized carbons (Fsp3) is 0.462. The van der Waals surface area contributed by atoms with Gasteiger partial charge in [-0.25, -0.2) is 19.7 Å². The van der Waals surface area contributed by atoms with Crippen molar-refractivity contribution in [2.45, 2.75) is 77.0 Å². The van der Waals surface area contributed by atoms with Crippen LogP contribution in [-0.2, 0) is 10.3 Å². The van der Waals surface area contributed by atoms with Crippen molar-refractivity contribution in [2.75, 3.05) is 5.32 Å². The second-order valence-corrected chi connectivity index (χ2v) is 10.1. The first-order valence-electron chi connectivity index (χ1n) is 11.9. The molecule has 1 aliphatic heterocycles. The number of anilines is 2. The minimum atomic E-state index is -0.554. The van der Waals surface area contributed by atoms with E-state index in [-0.39, 0.29) is 23.6 Å². The number of nitrogens with zero attached hydrogens (tertiary/aromatic N) is 3. The number of nitrogens with two attached hydrogens (primary N) is 1. The molecule has 3 N–H and O–H groups in total. The molecular weight excluding hydrogens is 430 g/mol. The summed E-state index contributed by atoms with van der Waals surface area (Å²) < 4.78 is 11.6. The van der Waals surface area contributed by atoms with Gasteiger partial charge in [0.1, 0.15) is 23.3 Å². The Morgan fingerprint density at radius 3 is 2.68 bits per heavy atom. The average Bonchev–Trinajstić information content (AvgIpc) is 3.54. The molecule has 0 aromatic carbocycles. The SMILES string of the molecule is CC[C@](C)(N)c1cnc(OC2(C)CC2)c2cnc(Nc3ccc4c(n3)[C@H](C)[C@H](C)OC4=O)cc12. The number of aromatic nitrogens is 3. The maximum atomic E-state index is 12.2. The molecule has 1 saturated carbocycles. The monoisotopic (exact) mass is 461 g/mol. The molecule has 34 heavy (non-hydrogen) atoms. The zero-order chi connectivity index (χ0) is 24.3. The van der Waals surface area contributed by atoms with E-state index in [1.54, 1.807) is 18.3 Å². The van der Waals surface area contributed by atoms with Crippen LogP contribution in [0.15, 0.2) is 30.6 Å². The molecule has 8 nitrogen and oxygen atoms in total. The minimum absolute atomic E-state index is 0.00249. The molecule has 1 aliphatic carbocycles. The van der Waals surface area contributed by atoms with Crippen molar-refractivity contribution in [3.63, 3.8) is 0 Å². The third kappa shape index (κ3) is 3.96. The van der Waals surface area contributed by atoms with Crippen LogP contribution in [0.2, 0.25) is 0 Å². The fourth-order valence-corrected chi connectivity index (χ4v) is 4.17. The number of esters is 1. The van der Waals surface area contributed by atoms with Crippen LogP contribution in [0.5, 0.6) is 5.88 Å². The second kappa shape index (κ2) is 7.91. The Labute approximate surface area is 199 Å². The predicted molar refractivity (Wildman–Crippen MR) is 130 cm³/mol. The van der Waals surface area contributed by atoms with E-state index in [0.29, 0.717) is 23.1 Å². The molecule has 0 bridgehead atoms. The fourth-order valence-electron chi connectivity index (χ4n) is 4.17. The number of rotatable bonds is 6. The van der Waals surface area contributed by atoms with Gasteiger partial charge < -0.3 is 20.5 Å². The molecule has 2 aliphatic rings. The summed E-state index contributed by atoms with van der Waals surface area (Å²) in [6.45, 7) is 10.1. The van der Waals surface area contributed by atoms with Crippen LogP contribution in [0, 0.1) is 0 Å². The molecule has 1 fully saturated rings. The molecule has 3 atom stereocenters. The lowest BCUT2D eigenvalue weighted by Gasteiger charge is -2.27. The van der Waals surface area contributed by atoms with Gasteiger partial charge in [-0.1, -0.05) is 13.8 Å². The maximum Gasteiger partial charge on any atom is 0.340 e. The van der Waals surface area contributed by atoms with E-state index in [1.165, 1.54) is 0 Å². The third-order valence-corrected chi connectivity index (χ3v) is 7.21. The van der Waals surface area contributed by atoms with Crippen molar-refractivity contribution < 1.29 is 14.3 Å². The molecule has 8 heteroatoms. The maximum absolute atomic E-state index is 12.2. The standard InChI is InChI=1S/C26H31N5O3/c1-6-26(5,27)19-13-29-23(34-25(4)9-10-25)18-12-28-21(11-17(18)19)30-20-8-7-16-22(31-20)14(2)15(3)33-24(16)32/h7-8,11-15H,6,9-10,27H2,1-5H3,(H,28,30,31)/t14-,15+,26+/m1/s1. The van der Waals surface area contributed by atoms with Crippen LogP contribution in [0.3, 0.4) is 0 Å². The Morgan fingerprint density at radius 1 is 1.21 bits per heavy atom. The van der Waals surface area contributed by atoms with E-state index >= 15 is 0 Å². The van der Waals surface area contributed by atoms with Crippen molar-refractivity contribution >= 4 is 28.4 Å². The van der Waals surface area contributed by atoms with E-state index in [9.17, 15) is 4.79 Å². The van der Waals surface area contributed by atoms with Gasteiger partial charge in [0.15, 0.2) is 0 Å². The van der Waals surface area contributed by atoms with Crippen LogP contribution < -0.4 is 15.8 Å². The van der Waals surface area contributed by atoms with Crippen molar-refractivity contribution in [3.8, 4) is 5.88 Å². The number of pyridine rings is 3. The smallest absolute Gasteiger partial charge is 0.340 e. The number of carbonyl (C=O) groups is 1. The molecule has 4 heterocycles. The summed E-state index contributed by atoms with van der Waals surface area (Å²) in [5.41, 5.74) is 8.10. The number of ether oxygens (including phenoxy) is 2. The van der Waals surface area contributed by atoms with Crippen LogP contribution in [0.25, 0.3) is 10.8 Å². The zero-order valence-corrected chi connectivity index (χ0v) is 20.3. The van der Waals surface area contributed by atoms with Gasteiger partial charge in [0.05, 0.1) is 16.6 Å². The Morgan fingerprint density at radius 2 is 1.97 bits per heavy atom. The number of hydrogen-bond donors (Lipinski definition) is 2. The zero-order valence-electron chi connectivity index (χ0n) is 20.3. The summed E-state index contributed by atoms with van der Waals surface area (Å²) in [6.07, 6.45) is 6.17. The van der Waals surface area contributed by atoms with Gasteiger partial charge in [0, 0.05) is 23.9 Å². The van der Waals surface area contributed by atoms with Gasteiger partial charge in [0.2, 0.25) is 5.88 Å². The van der Waals surface area contributed by atoms with Gasteiger partial charge in [-0.05, 0) is 69.2 Å². The molecule has 0 radical (unpaired) electrons. The Bertz CT molecular complexity index is 1280. The lowest BCUT2D eigenvalue weighted by molar-refractivity contribution is 0.0235. The Balaban J connectivity index is 1.55. The molecular formula is C26H31N5O3. The topological polar surface area (TPSA) is 112 Å². The number of nitrogens with one attached hydrogen (secondary N) is 1. The highest BCUT2D eigenvalue weighted by Crippen LogP contribution is 2.42. The lowest BCUT2D eigenvalue weighted by atomic mass is 9.88. The summed E-state index contributed by atoms with van der Waals surface area (Å²) in [7, 11) is 0. The summed E-state index contributed by atoms with van der Waals surface area (Å²) in [4.78, 5) is 26.2. The molecule has 0 saturated heterocycles. The molecule has 178 valence electrons. The van der Waals surface area contributed by atoms with Crippen LogP contribution >= 0.6 is 0 Å². The quantitative estimate of drug-likeness (QED) is 0.496. The highest BCUT2D eigenvalue weighted by atomic mass is 16.5. The summed E-state index contributed by atoms with van der Waals surface area (Å²) in [5.74, 6) is 1.49. The highest BCUT2D eigenvalue weighted by molar-refractivity contribution is 5.93. The summed E-state index contributed by atoms with van der Waals surface area (Å²) in [5, 5.41) is 5.08. The van der Waals surface area contributed by atoms with Gasteiger partial charge >= 0.3 is 5.97 Å². The molecule has 0 unspecified atom stereocenters. The third-order valence-electron chi connectivity index (χ3n) is 7.21. The van der Waals surface area contributed by atoms with E-state index in [0.717, 1.165) is 41.3 Å². The average molecular weight is 462 g/mol. The van der Waals surface area contributed by atoms with Crippen molar-refractivity contribution in [1.82, 2.24) is 15.0 Å². The van der Waals surface area contributed by atoms with Crippen molar-refractivity contribution in [2.24, 2.45) is 5.73 Å². The van der Waals surface area contributed by atoms with E-state index in [1.807, 2.05) is 33.0 Å². The van der Waals surface area contributed by atoms with Gasteiger partial charge in [-0.3, -0.25) is 0 Å². The van der Waals surface area contributed by atoms with E-state index in [4.69, 9.17) is 20.2 Å². The van der Waals surface area contributed by atoms with Gasteiger partial charge in [-0.2, -0.15) is 0 Å². The number of fused-ring (bicyclic) bond motifs is 2. The molecule has 3 aromatic heterocycles. The van der Waals surface area contributed by atoms with Crippen LogP contribution in [0.1, 0.15) is 81.4 Å². The minimum Gasteiger partial charge on any atom is -0.471 e. The molecule has 0 spiro atoms. The lowest BCUT2D eigenvalue weighted by Crippen LogP contribution is -2.32. The van der Waals surface area contributed by atoms with Crippen molar-refractivity contribution in [1.29, 1.82) is 0 Å². The van der Waals surface area contributed by atoms with Gasteiger partial charge in [0.25, 0.3) is 0 Å². The first kappa shape index (κ1) is 22.5.